The zero-order valence-electron chi connectivity index (χ0n) is 5.33. The van der Waals surface area contributed by atoms with Crippen LogP contribution in [0.2, 0.25) is 0 Å². The molecule has 3 heteroatoms. The quantitative estimate of drug-likeness (QED) is 0.511. The molecule has 0 radical (unpaired) electrons. The van der Waals surface area contributed by atoms with Crippen molar-refractivity contribution in [3.8, 4) is 0 Å². The Bertz CT molecular complexity index is 119. The van der Waals surface area contributed by atoms with Crippen molar-refractivity contribution in [3.63, 3.8) is 0 Å². The SMILES string of the molecule is C[C@@H](O)[C@H]1CCC(=O)O1. The number of aliphatic hydroxyl groups is 1. The lowest BCUT2D eigenvalue weighted by molar-refractivity contribution is -0.144. The summed E-state index contributed by atoms with van der Waals surface area (Å²) < 4.78 is 4.73. The highest BCUT2D eigenvalue weighted by Gasteiger charge is 2.26. The highest BCUT2D eigenvalue weighted by Crippen LogP contribution is 2.16. The van der Waals surface area contributed by atoms with Gasteiger partial charge in [0.1, 0.15) is 6.10 Å². The van der Waals surface area contributed by atoms with Gasteiger partial charge < -0.3 is 9.84 Å². The van der Waals surface area contributed by atoms with Crippen molar-refractivity contribution in [1.29, 1.82) is 0 Å². The summed E-state index contributed by atoms with van der Waals surface area (Å²) in [5, 5.41) is 8.89. The first kappa shape index (κ1) is 6.55. The van der Waals surface area contributed by atoms with Crippen LogP contribution in [0.5, 0.6) is 0 Å². The van der Waals surface area contributed by atoms with Crippen molar-refractivity contribution < 1.29 is 14.6 Å². The fourth-order valence-electron chi connectivity index (χ4n) is 0.886. The number of aliphatic hydroxyl groups excluding tert-OH is 1. The van der Waals surface area contributed by atoms with Gasteiger partial charge in [0, 0.05) is 6.42 Å². The molecule has 1 aliphatic heterocycles. The van der Waals surface area contributed by atoms with Gasteiger partial charge in [-0.05, 0) is 13.3 Å². The molecule has 0 amide bonds. The summed E-state index contributed by atoms with van der Waals surface area (Å²) in [6.45, 7) is 1.63. The van der Waals surface area contributed by atoms with Crippen LogP contribution in [-0.4, -0.2) is 23.3 Å². The third-order valence-electron chi connectivity index (χ3n) is 1.45. The van der Waals surface area contributed by atoms with Crippen molar-refractivity contribution in [1.82, 2.24) is 0 Å². The van der Waals surface area contributed by atoms with Crippen molar-refractivity contribution >= 4 is 5.97 Å². The van der Waals surface area contributed by atoms with E-state index in [4.69, 9.17) is 9.84 Å². The second kappa shape index (κ2) is 2.35. The van der Waals surface area contributed by atoms with Crippen LogP contribution in [0.4, 0.5) is 0 Å². The molecular formula is C6H10O3. The smallest absolute Gasteiger partial charge is 0.306 e. The molecule has 1 aliphatic rings. The lowest BCUT2D eigenvalue weighted by Gasteiger charge is -2.10. The molecule has 1 rings (SSSR count). The van der Waals surface area contributed by atoms with E-state index in [9.17, 15) is 4.79 Å². The third-order valence-corrected chi connectivity index (χ3v) is 1.45. The van der Waals surface area contributed by atoms with Crippen LogP contribution in [0.25, 0.3) is 0 Å². The lowest BCUT2D eigenvalue weighted by atomic mass is 10.2. The summed E-state index contributed by atoms with van der Waals surface area (Å²) in [6.07, 6.45) is 0.348. The predicted octanol–water partition coefficient (Wildman–Crippen LogP) is 0.0728. The van der Waals surface area contributed by atoms with Gasteiger partial charge in [-0.1, -0.05) is 0 Å². The number of rotatable bonds is 1. The Morgan fingerprint density at radius 2 is 2.56 bits per heavy atom. The summed E-state index contributed by atoms with van der Waals surface area (Å²) in [5.74, 6) is -0.194. The molecule has 52 valence electrons. The van der Waals surface area contributed by atoms with Gasteiger partial charge >= 0.3 is 5.97 Å². The van der Waals surface area contributed by atoms with Gasteiger partial charge in [-0.15, -0.1) is 0 Å². The fourth-order valence-corrected chi connectivity index (χ4v) is 0.886. The van der Waals surface area contributed by atoms with Gasteiger partial charge in [0.2, 0.25) is 0 Å². The zero-order valence-corrected chi connectivity index (χ0v) is 5.33. The summed E-state index contributed by atoms with van der Waals surface area (Å²) in [4.78, 5) is 10.4. The Morgan fingerprint density at radius 1 is 1.89 bits per heavy atom. The summed E-state index contributed by atoms with van der Waals surface area (Å²) in [5.41, 5.74) is 0. The van der Waals surface area contributed by atoms with Crippen molar-refractivity contribution in [3.05, 3.63) is 0 Å². The number of ether oxygens (including phenoxy) is 1. The minimum absolute atomic E-state index is 0.194. The van der Waals surface area contributed by atoms with Gasteiger partial charge in [0.25, 0.3) is 0 Å². The summed E-state index contributed by atoms with van der Waals surface area (Å²) >= 11 is 0. The number of hydrogen-bond donors (Lipinski definition) is 1. The van der Waals surface area contributed by atoms with E-state index in [0.29, 0.717) is 12.8 Å². The molecule has 9 heavy (non-hydrogen) atoms. The second-order valence-electron chi connectivity index (χ2n) is 2.31. The molecule has 1 fully saturated rings. The second-order valence-corrected chi connectivity index (χ2v) is 2.31. The van der Waals surface area contributed by atoms with E-state index in [2.05, 4.69) is 0 Å². The van der Waals surface area contributed by atoms with Crippen LogP contribution < -0.4 is 0 Å². The van der Waals surface area contributed by atoms with Gasteiger partial charge in [0.05, 0.1) is 6.10 Å². The van der Waals surface area contributed by atoms with Gasteiger partial charge in [-0.3, -0.25) is 4.79 Å². The molecule has 0 aromatic carbocycles. The molecule has 1 N–H and O–H groups in total. The summed E-state index contributed by atoms with van der Waals surface area (Å²) in [6, 6.07) is 0. The molecule has 1 heterocycles. The first-order chi connectivity index (χ1) is 4.20. The monoisotopic (exact) mass is 130 g/mol. The van der Waals surface area contributed by atoms with Crippen LogP contribution >= 0.6 is 0 Å². The van der Waals surface area contributed by atoms with Crippen LogP contribution in [0, 0.1) is 0 Å². The van der Waals surface area contributed by atoms with E-state index in [-0.39, 0.29) is 12.1 Å². The van der Waals surface area contributed by atoms with E-state index in [1.807, 2.05) is 0 Å². The average molecular weight is 130 g/mol. The van der Waals surface area contributed by atoms with E-state index >= 15 is 0 Å². The first-order valence-corrected chi connectivity index (χ1v) is 3.07. The normalized spacial score (nSPS) is 30.0. The molecule has 2 atom stereocenters. The Hall–Kier alpha value is -0.570. The first-order valence-electron chi connectivity index (χ1n) is 3.07. The van der Waals surface area contributed by atoms with Crippen LogP contribution in [-0.2, 0) is 9.53 Å². The maximum Gasteiger partial charge on any atom is 0.306 e. The molecule has 1 saturated heterocycles. The lowest BCUT2D eigenvalue weighted by Crippen LogP contribution is -2.21. The Morgan fingerprint density at radius 3 is 2.78 bits per heavy atom. The fraction of sp³-hybridized carbons (Fsp3) is 0.833. The number of cyclic esters (lactones) is 1. The molecule has 0 aliphatic carbocycles. The molecule has 0 unspecified atom stereocenters. The Labute approximate surface area is 53.6 Å². The Kier molecular flexibility index (Phi) is 1.71. The standard InChI is InChI=1S/C6H10O3/c1-4(7)5-2-3-6(8)9-5/h4-5,7H,2-3H2,1H3/t4-,5-/m1/s1. The maximum atomic E-state index is 10.4. The van der Waals surface area contributed by atoms with Gasteiger partial charge in [-0.2, -0.15) is 0 Å². The Balaban J connectivity index is 2.39. The highest BCUT2D eigenvalue weighted by molar-refractivity contribution is 5.71. The molecular weight excluding hydrogens is 120 g/mol. The summed E-state index contributed by atoms with van der Waals surface area (Å²) in [7, 11) is 0. The van der Waals surface area contributed by atoms with Crippen LogP contribution in [0.3, 0.4) is 0 Å². The number of hydrogen-bond acceptors (Lipinski definition) is 3. The highest BCUT2D eigenvalue weighted by atomic mass is 16.6. The topological polar surface area (TPSA) is 46.5 Å². The molecule has 0 aromatic rings. The van der Waals surface area contributed by atoms with E-state index in [1.54, 1.807) is 6.92 Å². The predicted molar refractivity (Wildman–Crippen MR) is 30.8 cm³/mol. The zero-order chi connectivity index (χ0) is 6.85. The largest absolute Gasteiger partial charge is 0.460 e. The van der Waals surface area contributed by atoms with Crippen molar-refractivity contribution in [2.24, 2.45) is 0 Å². The molecule has 0 spiro atoms. The number of esters is 1. The van der Waals surface area contributed by atoms with E-state index in [1.165, 1.54) is 0 Å². The van der Waals surface area contributed by atoms with Gasteiger partial charge in [-0.25, -0.2) is 0 Å². The number of carbonyl (C=O) groups excluding carboxylic acids is 1. The number of carbonyl (C=O) groups is 1. The maximum absolute atomic E-state index is 10.4. The average Bonchev–Trinajstić information content (AvgIpc) is 2.14. The molecule has 3 nitrogen and oxygen atoms in total. The third kappa shape index (κ3) is 1.42. The van der Waals surface area contributed by atoms with Crippen LogP contribution in [0.1, 0.15) is 19.8 Å². The van der Waals surface area contributed by atoms with Crippen LogP contribution in [0.15, 0.2) is 0 Å². The van der Waals surface area contributed by atoms with E-state index < -0.39 is 6.10 Å². The molecule has 0 bridgehead atoms. The van der Waals surface area contributed by atoms with Crippen molar-refractivity contribution in [2.45, 2.75) is 32.0 Å². The molecule has 0 aromatic heterocycles. The minimum Gasteiger partial charge on any atom is -0.460 e. The minimum atomic E-state index is -0.517. The van der Waals surface area contributed by atoms with Gasteiger partial charge in [0.15, 0.2) is 0 Å². The molecule has 0 saturated carbocycles. The van der Waals surface area contributed by atoms with Crippen molar-refractivity contribution in [2.75, 3.05) is 0 Å². The van der Waals surface area contributed by atoms with E-state index in [0.717, 1.165) is 0 Å².